The van der Waals surface area contributed by atoms with E-state index in [4.69, 9.17) is 4.74 Å². The molecular weight excluding hydrogens is 426 g/mol. The van der Waals surface area contributed by atoms with Gasteiger partial charge in [-0.3, -0.25) is 9.59 Å². The average molecular weight is 462 g/mol. The number of carbonyl (C=O) groups excluding carboxylic acids is 1. The van der Waals surface area contributed by atoms with Crippen LogP contribution in [-0.2, 0) is 10.3 Å². The number of aliphatic hydroxyl groups is 3. The van der Waals surface area contributed by atoms with E-state index in [1.807, 2.05) is 13.0 Å². The number of methoxy groups -OCH3 is 1. The standard InChI is InChI=1S/C25H35NO7/c1-12-4-7-15-14(10-12)6-5-13(2)18(15)21(29)19-20(28)16(11-26-24(19)31)25(32)9-8-17(27)22(33-3)23(25)30/h5-6,11-15,17-18,22-23,27,30,32H,4,7-10H2,1-3H3,(H2,26,28,31)/t12-,13-,14-,15-,17-,18-,22+,23-,25+/m1/s1. The van der Waals surface area contributed by atoms with Gasteiger partial charge < -0.3 is 30.1 Å². The van der Waals surface area contributed by atoms with Crippen molar-refractivity contribution in [2.75, 3.05) is 7.11 Å². The smallest absolute Gasteiger partial charge is 0.262 e. The van der Waals surface area contributed by atoms with Crippen LogP contribution in [0.4, 0.5) is 0 Å². The molecule has 182 valence electrons. The van der Waals surface area contributed by atoms with Crippen molar-refractivity contribution in [3.63, 3.8) is 0 Å². The summed E-state index contributed by atoms with van der Waals surface area (Å²) in [6.07, 6.45) is 4.64. The molecule has 0 spiro atoms. The number of ketones is 1. The van der Waals surface area contributed by atoms with Gasteiger partial charge in [-0.25, -0.2) is 0 Å². The van der Waals surface area contributed by atoms with Crippen molar-refractivity contribution in [3.05, 3.63) is 39.8 Å². The van der Waals surface area contributed by atoms with Gasteiger partial charge in [0.15, 0.2) is 5.78 Å². The lowest BCUT2D eigenvalue weighted by molar-refractivity contribution is -0.199. The molecule has 1 aromatic heterocycles. The lowest BCUT2D eigenvalue weighted by atomic mass is 9.61. The largest absolute Gasteiger partial charge is 0.507 e. The summed E-state index contributed by atoms with van der Waals surface area (Å²) < 4.78 is 5.16. The van der Waals surface area contributed by atoms with Crippen molar-refractivity contribution < 1.29 is 30.0 Å². The molecular formula is C25H35NO7. The van der Waals surface area contributed by atoms with Crippen LogP contribution in [0, 0.1) is 29.6 Å². The first-order chi connectivity index (χ1) is 15.6. The van der Waals surface area contributed by atoms with Crippen LogP contribution < -0.4 is 5.56 Å². The van der Waals surface area contributed by atoms with E-state index < -0.39 is 46.9 Å². The van der Waals surface area contributed by atoms with Crippen LogP contribution in [0.15, 0.2) is 23.1 Å². The van der Waals surface area contributed by atoms with E-state index in [-0.39, 0.29) is 41.7 Å². The molecule has 8 nitrogen and oxygen atoms in total. The maximum Gasteiger partial charge on any atom is 0.262 e. The predicted molar refractivity (Wildman–Crippen MR) is 121 cm³/mol. The molecule has 0 amide bonds. The number of aromatic amines is 1. The molecule has 5 N–H and O–H groups in total. The van der Waals surface area contributed by atoms with Crippen molar-refractivity contribution in [1.82, 2.24) is 4.98 Å². The molecule has 0 aliphatic heterocycles. The number of allylic oxidation sites excluding steroid dienone is 2. The van der Waals surface area contributed by atoms with Gasteiger partial charge in [0.25, 0.3) is 5.56 Å². The van der Waals surface area contributed by atoms with E-state index in [1.165, 1.54) is 7.11 Å². The fraction of sp³-hybridized carbons (Fsp3) is 0.680. The Balaban J connectivity index is 1.74. The van der Waals surface area contributed by atoms with Crippen LogP contribution in [0.2, 0.25) is 0 Å². The normalized spacial score (nSPS) is 40.9. The first-order valence-corrected chi connectivity index (χ1v) is 11.9. The lowest BCUT2D eigenvalue weighted by Gasteiger charge is -2.44. The molecule has 0 saturated heterocycles. The molecule has 9 atom stereocenters. The second-order valence-electron chi connectivity index (χ2n) is 10.3. The number of aliphatic hydroxyl groups excluding tert-OH is 2. The Hall–Kier alpha value is -2.00. The van der Waals surface area contributed by atoms with Gasteiger partial charge >= 0.3 is 0 Å². The summed E-state index contributed by atoms with van der Waals surface area (Å²) in [6, 6.07) is 0. The van der Waals surface area contributed by atoms with Gasteiger partial charge in [-0.1, -0.05) is 32.4 Å². The summed E-state index contributed by atoms with van der Waals surface area (Å²) in [5.74, 6) is -0.663. The number of ether oxygens (including phenoxy) is 1. The van der Waals surface area contributed by atoms with Crippen LogP contribution in [0.1, 0.15) is 61.9 Å². The molecule has 0 bridgehead atoms. The number of aromatic nitrogens is 1. The summed E-state index contributed by atoms with van der Waals surface area (Å²) in [6.45, 7) is 4.16. The monoisotopic (exact) mass is 461 g/mol. The average Bonchev–Trinajstić information content (AvgIpc) is 2.77. The number of fused-ring (bicyclic) bond motifs is 1. The third kappa shape index (κ3) is 3.97. The first-order valence-electron chi connectivity index (χ1n) is 11.9. The van der Waals surface area contributed by atoms with Crippen LogP contribution in [0.3, 0.4) is 0 Å². The minimum absolute atomic E-state index is 0.0758. The molecule has 0 radical (unpaired) electrons. The van der Waals surface area contributed by atoms with E-state index in [1.54, 1.807) is 0 Å². The fourth-order valence-electron chi connectivity index (χ4n) is 6.36. The zero-order valence-electron chi connectivity index (χ0n) is 19.4. The maximum absolute atomic E-state index is 13.8. The number of hydrogen-bond donors (Lipinski definition) is 5. The number of aromatic hydroxyl groups is 1. The van der Waals surface area contributed by atoms with Crippen molar-refractivity contribution in [2.45, 2.75) is 69.9 Å². The summed E-state index contributed by atoms with van der Waals surface area (Å²) >= 11 is 0. The molecule has 1 aromatic rings. The molecule has 0 unspecified atom stereocenters. The molecule has 33 heavy (non-hydrogen) atoms. The van der Waals surface area contributed by atoms with Gasteiger partial charge in [0.05, 0.1) is 6.10 Å². The predicted octanol–water partition coefficient (Wildman–Crippen LogP) is 1.86. The highest BCUT2D eigenvalue weighted by Crippen LogP contribution is 2.47. The molecule has 4 rings (SSSR count). The highest BCUT2D eigenvalue weighted by atomic mass is 16.5. The number of pyridine rings is 1. The van der Waals surface area contributed by atoms with Gasteiger partial charge in [0.2, 0.25) is 0 Å². The summed E-state index contributed by atoms with van der Waals surface area (Å²) in [5, 5.41) is 43.4. The molecule has 2 fully saturated rings. The van der Waals surface area contributed by atoms with Crippen molar-refractivity contribution >= 4 is 5.78 Å². The molecule has 1 heterocycles. The number of Topliss-reactive ketones (excluding diaryl/α,β-unsaturated/α-hetero) is 1. The van der Waals surface area contributed by atoms with Gasteiger partial charge in [-0.15, -0.1) is 0 Å². The number of nitrogens with one attached hydrogen (secondary N) is 1. The van der Waals surface area contributed by atoms with Crippen LogP contribution in [0.5, 0.6) is 5.75 Å². The molecule has 2 saturated carbocycles. The minimum Gasteiger partial charge on any atom is -0.507 e. The van der Waals surface area contributed by atoms with Crippen LogP contribution >= 0.6 is 0 Å². The zero-order chi connectivity index (χ0) is 24.1. The summed E-state index contributed by atoms with van der Waals surface area (Å²) in [5.41, 5.74) is -3.23. The van der Waals surface area contributed by atoms with Gasteiger partial charge in [0, 0.05) is 24.8 Å². The second kappa shape index (κ2) is 8.98. The van der Waals surface area contributed by atoms with E-state index in [0.29, 0.717) is 5.92 Å². The Morgan fingerprint density at radius 3 is 2.61 bits per heavy atom. The van der Waals surface area contributed by atoms with E-state index in [2.05, 4.69) is 18.0 Å². The Morgan fingerprint density at radius 1 is 1.18 bits per heavy atom. The third-order valence-corrected chi connectivity index (χ3v) is 8.26. The number of carbonyl (C=O) groups is 1. The summed E-state index contributed by atoms with van der Waals surface area (Å²) in [7, 11) is 1.31. The van der Waals surface area contributed by atoms with Gasteiger partial charge in [-0.05, 0) is 49.4 Å². The molecule has 3 aliphatic rings. The Labute approximate surface area is 193 Å². The molecule has 8 heteroatoms. The van der Waals surface area contributed by atoms with E-state index in [0.717, 1.165) is 25.5 Å². The number of rotatable bonds is 4. The van der Waals surface area contributed by atoms with E-state index >= 15 is 0 Å². The number of hydrogen-bond acceptors (Lipinski definition) is 7. The Bertz CT molecular complexity index is 987. The highest BCUT2D eigenvalue weighted by molar-refractivity contribution is 6.00. The van der Waals surface area contributed by atoms with Gasteiger partial charge in [0.1, 0.15) is 29.1 Å². The fourth-order valence-corrected chi connectivity index (χ4v) is 6.36. The van der Waals surface area contributed by atoms with Crippen LogP contribution in [0.25, 0.3) is 0 Å². The third-order valence-electron chi connectivity index (χ3n) is 8.26. The van der Waals surface area contributed by atoms with Gasteiger partial charge in [-0.2, -0.15) is 0 Å². The SMILES string of the molecule is CO[C@H]1[C@H](O)CC[C@](O)(c2c[nH]c(=O)c(C(=O)[C@H]3[C@@H]4CC[C@@H](C)C[C@H]4C=C[C@H]3C)c2O)[C@@H]1O. The van der Waals surface area contributed by atoms with E-state index in [9.17, 15) is 30.0 Å². The van der Waals surface area contributed by atoms with Crippen molar-refractivity contribution in [2.24, 2.45) is 29.6 Å². The minimum atomic E-state index is -2.00. The topological polar surface area (TPSA) is 140 Å². The first kappa shape index (κ1) is 24.1. The Morgan fingerprint density at radius 2 is 1.91 bits per heavy atom. The molecule has 3 aliphatic carbocycles. The second-order valence-corrected chi connectivity index (χ2v) is 10.3. The Kier molecular flexibility index (Phi) is 6.57. The van der Waals surface area contributed by atoms with Crippen molar-refractivity contribution in [3.8, 4) is 5.75 Å². The van der Waals surface area contributed by atoms with Crippen molar-refractivity contribution in [1.29, 1.82) is 0 Å². The molecule has 0 aromatic carbocycles. The zero-order valence-corrected chi connectivity index (χ0v) is 19.4. The lowest BCUT2D eigenvalue weighted by Crippen LogP contribution is -2.56. The number of H-pyrrole nitrogens is 1. The summed E-state index contributed by atoms with van der Waals surface area (Å²) in [4.78, 5) is 29.0. The highest BCUT2D eigenvalue weighted by Gasteiger charge is 2.51. The quantitative estimate of drug-likeness (QED) is 0.340. The maximum atomic E-state index is 13.8. The van der Waals surface area contributed by atoms with Crippen LogP contribution in [-0.4, -0.2) is 56.6 Å².